The second-order valence-electron chi connectivity index (χ2n) is 20.6. The van der Waals surface area contributed by atoms with Crippen LogP contribution in [0.1, 0.15) is 303 Å². The van der Waals surface area contributed by atoms with Gasteiger partial charge in [-0.05, 0) is 116 Å². The Morgan fingerprint density at radius 1 is 0.288 bits per heavy atom. The first-order chi connectivity index (χ1) is 36.0. The van der Waals surface area contributed by atoms with Crippen molar-refractivity contribution >= 4 is 17.9 Å². The molecule has 6 heteroatoms. The quantitative estimate of drug-likeness (QED) is 0.0261. The van der Waals surface area contributed by atoms with Crippen LogP contribution in [-0.4, -0.2) is 37.2 Å². The van der Waals surface area contributed by atoms with E-state index in [1.54, 1.807) is 0 Å². The van der Waals surface area contributed by atoms with E-state index in [2.05, 4.69) is 106 Å². The third-order valence-corrected chi connectivity index (χ3v) is 13.4. The number of rotatable bonds is 56. The van der Waals surface area contributed by atoms with Gasteiger partial charge < -0.3 is 14.2 Å². The minimum Gasteiger partial charge on any atom is -0.462 e. The lowest BCUT2D eigenvalue weighted by molar-refractivity contribution is -0.167. The summed E-state index contributed by atoms with van der Waals surface area (Å²) in [4.78, 5) is 38.3. The molecule has 420 valence electrons. The van der Waals surface area contributed by atoms with Crippen molar-refractivity contribution in [3.8, 4) is 0 Å². The Morgan fingerprint density at radius 2 is 0.534 bits per heavy atom. The molecule has 0 saturated carbocycles. The molecule has 0 aromatic rings. The molecule has 0 spiro atoms. The molecule has 0 aliphatic carbocycles. The molecule has 0 saturated heterocycles. The van der Waals surface area contributed by atoms with E-state index in [1.807, 2.05) is 0 Å². The van der Waals surface area contributed by atoms with Gasteiger partial charge in [-0.1, -0.05) is 254 Å². The molecule has 0 radical (unpaired) electrons. The van der Waals surface area contributed by atoms with E-state index >= 15 is 0 Å². The molecule has 0 rings (SSSR count). The molecule has 73 heavy (non-hydrogen) atoms. The number of allylic oxidation sites excluding steroid dienone is 14. The van der Waals surface area contributed by atoms with Crippen molar-refractivity contribution < 1.29 is 28.6 Å². The summed E-state index contributed by atoms with van der Waals surface area (Å²) in [6.07, 6.45) is 80.0. The average molecular weight is 1020 g/mol. The Hall–Kier alpha value is -3.41. The molecule has 1 unspecified atom stereocenters. The van der Waals surface area contributed by atoms with E-state index in [4.69, 9.17) is 14.2 Å². The highest BCUT2D eigenvalue weighted by molar-refractivity contribution is 5.71. The zero-order chi connectivity index (χ0) is 52.9. The van der Waals surface area contributed by atoms with Gasteiger partial charge in [0, 0.05) is 19.3 Å². The smallest absolute Gasteiger partial charge is 0.306 e. The predicted molar refractivity (Wildman–Crippen MR) is 316 cm³/mol. The van der Waals surface area contributed by atoms with Gasteiger partial charge in [0.1, 0.15) is 13.2 Å². The minimum atomic E-state index is -0.791. The van der Waals surface area contributed by atoms with Gasteiger partial charge in [0.15, 0.2) is 6.10 Å². The summed E-state index contributed by atoms with van der Waals surface area (Å²) in [7, 11) is 0. The Labute approximate surface area is 452 Å². The molecule has 0 fully saturated rings. The fourth-order valence-electron chi connectivity index (χ4n) is 8.69. The van der Waals surface area contributed by atoms with Gasteiger partial charge in [-0.25, -0.2) is 0 Å². The number of carbonyl (C=O) groups is 3. The number of carbonyl (C=O) groups excluding carboxylic acids is 3. The second kappa shape index (κ2) is 61.1. The van der Waals surface area contributed by atoms with Gasteiger partial charge in [0.2, 0.25) is 0 Å². The van der Waals surface area contributed by atoms with Crippen LogP contribution in [0, 0.1) is 0 Å². The lowest BCUT2D eigenvalue weighted by Crippen LogP contribution is -2.30. The third kappa shape index (κ3) is 59.3. The summed E-state index contributed by atoms with van der Waals surface area (Å²) in [6.45, 7) is 6.52. The highest BCUT2D eigenvalue weighted by Gasteiger charge is 2.19. The molecular formula is C67H116O6. The van der Waals surface area contributed by atoms with E-state index in [0.717, 1.165) is 103 Å². The van der Waals surface area contributed by atoms with E-state index in [9.17, 15) is 14.4 Å². The SMILES string of the molecule is CC/C=C\C/C=C\C/C=C\CCCCCCCCCC(=O)OC(COC(=O)CCCCCCCC/C=C\C/C=C\C/C=C\CCCCCCC)COC(=O)CCCCCCCCC/C=C\CCCCCCCC. The maximum Gasteiger partial charge on any atom is 0.306 e. The highest BCUT2D eigenvalue weighted by Crippen LogP contribution is 2.15. The van der Waals surface area contributed by atoms with Gasteiger partial charge >= 0.3 is 17.9 Å². The van der Waals surface area contributed by atoms with Crippen LogP contribution in [0.4, 0.5) is 0 Å². The third-order valence-electron chi connectivity index (χ3n) is 13.4. The molecule has 0 aliphatic heterocycles. The highest BCUT2D eigenvalue weighted by atomic mass is 16.6. The van der Waals surface area contributed by atoms with Crippen molar-refractivity contribution in [2.24, 2.45) is 0 Å². The van der Waals surface area contributed by atoms with Gasteiger partial charge in [-0.15, -0.1) is 0 Å². The Kier molecular flexibility index (Phi) is 58.3. The van der Waals surface area contributed by atoms with Crippen LogP contribution in [-0.2, 0) is 28.6 Å². The molecule has 0 aliphatic rings. The monoisotopic (exact) mass is 1020 g/mol. The fourth-order valence-corrected chi connectivity index (χ4v) is 8.69. The van der Waals surface area contributed by atoms with Crippen LogP contribution in [0.2, 0.25) is 0 Å². The number of hydrogen-bond acceptors (Lipinski definition) is 6. The zero-order valence-corrected chi connectivity index (χ0v) is 48.1. The standard InChI is InChI=1S/C67H116O6/c1-4-7-10-13-16-19-22-25-28-31-32-33-34-37-39-42-45-48-51-54-57-60-66(69)72-63-64(73-67(70)61-58-55-52-49-46-43-40-36-30-27-24-21-18-15-12-9-6-3)62-71-65(68)59-56-53-50-47-44-41-38-35-29-26-23-20-17-14-11-8-5-2/h9,12,18,21-22,25-27,29-32,34,37,64H,4-8,10-11,13-17,19-20,23-24,28,33,35-36,38-63H2,1-3H3/b12-9-,21-18-,25-22-,29-26-,30-27-,32-31-,37-34-. The van der Waals surface area contributed by atoms with Crippen LogP contribution in [0.25, 0.3) is 0 Å². The molecule has 0 heterocycles. The first kappa shape index (κ1) is 69.6. The van der Waals surface area contributed by atoms with Crippen molar-refractivity contribution in [2.45, 2.75) is 309 Å². The normalized spacial score (nSPS) is 12.6. The molecule has 0 N–H and O–H groups in total. The van der Waals surface area contributed by atoms with E-state index in [0.29, 0.717) is 19.3 Å². The van der Waals surface area contributed by atoms with Crippen molar-refractivity contribution in [3.63, 3.8) is 0 Å². The fraction of sp³-hybridized carbons (Fsp3) is 0.746. The maximum atomic E-state index is 12.9. The summed E-state index contributed by atoms with van der Waals surface area (Å²) in [6, 6.07) is 0. The van der Waals surface area contributed by atoms with Crippen molar-refractivity contribution in [1.29, 1.82) is 0 Å². The molecule has 6 nitrogen and oxygen atoms in total. The predicted octanol–water partition coefficient (Wildman–Crippen LogP) is 21.1. The molecule has 1 atom stereocenters. The van der Waals surface area contributed by atoms with Crippen LogP contribution >= 0.6 is 0 Å². The maximum absolute atomic E-state index is 12.9. The van der Waals surface area contributed by atoms with Crippen LogP contribution < -0.4 is 0 Å². The molecule has 0 amide bonds. The van der Waals surface area contributed by atoms with Crippen molar-refractivity contribution in [1.82, 2.24) is 0 Å². The number of hydrogen-bond donors (Lipinski definition) is 0. The minimum absolute atomic E-state index is 0.0867. The summed E-state index contributed by atoms with van der Waals surface area (Å²) in [5.41, 5.74) is 0. The van der Waals surface area contributed by atoms with Crippen molar-refractivity contribution in [3.05, 3.63) is 85.1 Å². The van der Waals surface area contributed by atoms with E-state index in [-0.39, 0.29) is 31.1 Å². The molecule has 0 aromatic heterocycles. The zero-order valence-electron chi connectivity index (χ0n) is 48.1. The number of unbranched alkanes of at least 4 members (excludes halogenated alkanes) is 31. The van der Waals surface area contributed by atoms with Crippen molar-refractivity contribution in [2.75, 3.05) is 13.2 Å². The van der Waals surface area contributed by atoms with Crippen LogP contribution in [0.5, 0.6) is 0 Å². The van der Waals surface area contributed by atoms with Gasteiger partial charge in [0.25, 0.3) is 0 Å². The summed E-state index contributed by atoms with van der Waals surface area (Å²) in [5.74, 6) is -0.904. The van der Waals surface area contributed by atoms with Crippen LogP contribution in [0.15, 0.2) is 85.1 Å². The van der Waals surface area contributed by atoms with Gasteiger partial charge in [-0.3, -0.25) is 14.4 Å². The number of ether oxygens (including phenoxy) is 3. The lowest BCUT2D eigenvalue weighted by atomic mass is 10.1. The Morgan fingerprint density at radius 3 is 0.849 bits per heavy atom. The van der Waals surface area contributed by atoms with E-state index < -0.39 is 6.10 Å². The van der Waals surface area contributed by atoms with Crippen LogP contribution in [0.3, 0.4) is 0 Å². The largest absolute Gasteiger partial charge is 0.462 e. The average Bonchev–Trinajstić information content (AvgIpc) is 3.39. The Balaban J connectivity index is 4.42. The summed E-state index contributed by atoms with van der Waals surface area (Å²) < 4.78 is 16.9. The molecule has 0 bridgehead atoms. The molecular weight excluding hydrogens is 901 g/mol. The van der Waals surface area contributed by atoms with Gasteiger partial charge in [-0.2, -0.15) is 0 Å². The topological polar surface area (TPSA) is 78.9 Å². The van der Waals surface area contributed by atoms with E-state index in [1.165, 1.54) is 161 Å². The number of esters is 3. The lowest BCUT2D eigenvalue weighted by Gasteiger charge is -2.18. The first-order valence-electron chi connectivity index (χ1n) is 31.1. The van der Waals surface area contributed by atoms with Gasteiger partial charge in [0.05, 0.1) is 0 Å². The second-order valence-corrected chi connectivity index (χ2v) is 20.6. The molecule has 0 aromatic carbocycles. The first-order valence-corrected chi connectivity index (χ1v) is 31.1. The summed E-state index contributed by atoms with van der Waals surface area (Å²) in [5, 5.41) is 0. The summed E-state index contributed by atoms with van der Waals surface area (Å²) >= 11 is 0. The Bertz CT molecular complexity index is 1400.